The number of pyridine rings is 1. The Morgan fingerprint density at radius 2 is 1.69 bits per heavy atom. The van der Waals surface area contributed by atoms with E-state index < -0.39 is 0 Å². The van der Waals surface area contributed by atoms with E-state index in [1.807, 2.05) is 24.3 Å². The molecule has 164 valence electrons. The highest BCUT2D eigenvalue weighted by molar-refractivity contribution is 6.30. The number of fused-ring (bicyclic) bond motifs is 1. The van der Waals surface area contributed by atoms with Crippen LogP contribution in [-0.4, -0.2) is 67.8 Å². The molecule has 2 aromatic heterocycles. The van der Waals surface area contributed by atoms with Crippen molar-refractivity contribution in [2.45, 2.75) is 19.3 Å². The molecule has 1 aromatic carbocycles. The highest BCUT2D eigenvalue weighted by atomic mass is 35.5. The first-order valence-electron chi connectivity index (χ1n) is 10.4. The van der Waals surface area contributed by atoms with Gasteiger partial charge in [-0.3, -0.25) is 14.6 Å². The topological polar surface area (TPSA) is 93.5 Å². The molecule has 0 bridgehead atoms. The SMILES string of the molecule is O=C(c1ccccn1)N1CCN(C(=O)c2nnn3c2CO[C@H](c2ccc(Cl)cc2)C3)CC1. The minimum Gasteiger partial charge on any atom is -0.365 e. The maximum atomic E-state index is 13.1. The summed E-state index contributed by atoms with van der Waals surface area (Å²) in [6.45, 7) is 2.47. The molecule has 2 aliphatic heterocycles. The number of hydrogen-bond acceptors (Lipinski definition) is 6. The second kappa shape index (κ2) is 8.68. The van der Waals surface area contributed by atoms with Gasteiger partial charge in [-0.2, -0.15) is 0 Å². The summed E-state index contributed by atoms with van der Waals surface area (Å²) >= 11 is 5.97. The van der Waals surface area contributed by atoms with Gasteiger partial charge in [-0.25, -0.2) is 4.68 Å². The lowest BCUT2D eigenvalue weighted by atomic mass is 10.1. The summed E-state index contributed by atoms with van der Waals surface area (Å²) in [6.07, 6.45) is 1.42. The normalized spacial score (nSPS) is 18.3. The minimum absolute atomic E-state index is 0.125. The number of rotatable bonds is 3. The molecule has 0 unspecified atom stereocenters. The Morgan fingerprint density at radius 3 is 2.38 bits per heavy atom. The van der Waals surface area contributed by atoms with Gasteiger partial charge in [0.2, 0.25) is 0 Å². The van der Waals surface area contributed by atoms with Crippen molar-refractivity contribution in [3.05, 3.63) is 76.3 Å². The predicted octanol–water partition coefficient (Wildman–Crippen LogP) is 2.20. The number of aromatic nitrogens is 4. The van der Waals surface area contributed by atoms with Crippen molar-refractivity contribution in [3.63, 3.8) is 0 Å². The van der Waals surface area contributed by atoms with Crippen LogP contribution in [0, 0.1) is 0 Å². The molecule has 3 aromatic rings. The number of carbonyl (C=O) groups is 2. The van der Waals surface area contributed by atoms with Gasteiger partial charge in [0.15, 0.2) is 5.69 Å². The van der Waals surface area contributed by atoms with Gasteiger partial charge in [-0.1, -0.05) is 35.0 Å². The van der Waals surface area contributed by atoms with Gasteiger partial charge in [0.25, 0.3) is 11.8 Å². The fourth-order valence-electron chi connectivity index (χ4n) is 3.97. The van der Waals surface area contributed by atoms with Crippen LogP contribution in [0.2, 0.25) is 5.02 Å². The first kappa shape index (κ1) is 20.6. The Balaban J connectivity index is 1.23. The lowest BCUT2D eigenvalue weighted by molar-refractivity contribution is -0.00202. The number of piperazine rings is 1. The highest BCUT2D eigenvalue weighted by Crippen LogP contribution is 2.28. The van der Waals surface area contributed by atoms with Crippen molar-refractivity contribution < 1.29 is 14.3 Å². The molecule has 0 saturated carbocycles. The number of ether oxygens (including phenoxy) is 1. The number of carbonyl (C=O) groups excluding carboxylic acids is 2. The van der Waals surface area contributed by atoms with Crippen LogP contribution in [0.3, 0.4) is 0 Å². The zero-order valence-corrected chi connectivity index (χ0v) is 18.0. The van der Waals surface area contributed by atoms with E-state index >= 15 is 0 Å². The van der Waals surface area contributed by atoms with Crippen LogP contribution >= 0.6 is 11.6 Å². The van der Waals surface area contributed by atoms with Crippen molar-refractivity contribution in [1.29, 1.82) is 0 Å². The van der Waals surface area contributed by atoms with Crippen molar-refractivity contribution in [2.24, 2.45) is 0 Å². The zero-order valence-electron chi connectivity index (χ0n) is 17.2. The molecule has 1 fully saturated rings. The fourth-order valence-corrected chi connectivity index (χ4v) is 4.10. The van der Waals surface area contributed by atoms with Gasteiger partial charge in [0.05, 0.1) is 18.8 Å². The zero-order chi connectivity index (χ0) is 22.1. The molecule has 9 nitrogen and oxygen atoms in total. The second-order valence-electron chi connectivity index (χ2n) is 7.72. The Labute approximate surface area is 189 Å². The second-order valence-corrected chi connectivity index (χ2v) is 8.15. The van der Waals surface area contributed by atoms with Crippen LogP contribution in [0.25, 0.3) is 0 Å². The van der Waals surface area contributed by atoms with Crippen LogP contribution in [0.1, 0.15) is 38.3 Å². The number of halogens is 1. The van der Waals surface area contributed by atoms with E-state index in [-0.39, 0.29) is 24.5 Å². The fraction of sp³-hybridized carbons (Fsp3) is 0.318. The summed E-state index contributed by atoms with van der Waals surface area (Å²) in [5, 5.41) is 9.00. The predicted molar refractivity (Wildman–Crippen MR) is 115 cm³/mol. The van der Waals surface area contributed by atoms with E-state index in [1.165, 1.54) is 0 Å². The first-order chi connectivity index (χ1) is 15.6. The van der Waals surface area contributed by atoms with E-state index in [0.29, 0.717) is 54.8 Å². The third kappa shape index (κ3) is 3.96. The summed E-state index contributed by atoms with van der Waals surface area (Å²) in [5.41, 5.74) is 2.39. The van der Waals surface area contributed by atoms with E-state index in [2.05, 4.69) is 15.3 Å². The van der Waals surface area contributed by atoms with Gasteiger partial charge >= 0.3 is 0 Å². The van der Waals surface area contributed by atoms with Crippen LogP contribution in [0.4, 0.5) is 0 Å². The summed E-state index contributed by atoms with van der Waals surface area (Å²) in [4.78, 5) is 33.2. The van der Waals surface area contributed by atoms with Crippen LogP contribution < -0.4 is 0 Å². The summed E-state index contributed by atoms with van der Waals surface area (Å²) in [6, 6.07) is 12.7. The number of hydrogen-bond donors (Lipinski definition) is 0. The van der Waals surface area contributed by atoms with Gasteiger partial charge in [0.1, 0.15) is 11.8 Å². The molecule has 0 aliphatic carbocycles. The lowest BCUT2D eigenvalue weighted by Gasteiger charge is -2.34. The van der Waals surface area contributed by atoms with Crippen LogP contribution in [0.5, 0.6) is 0 Å². The highest BCUT2D eigenvalue weighted by Gasteiger charge is 2.32. The average Bonchev–Trinajstić information content (AvgIpc) is 3.27. The minimum atomic E-state index is -0.190. The van der Waals surface area contributed by atoms with Crippen molar-refractivity contribution in [1.82, 2.24) is 29.8 Å². The number of benzene rings is 1. The third-order valence-corrected chi connectivity index (χ3v) is 6.03. The van der Waals surface area contributed by atoms with Crippen molar-refractivity contribution >= 4 is 23.4 Å². The summed E-state index contributed by atoms with van der Waals surface area (Å²) < 4.78 is 7.72. The Kier molecular flexibility index (Phi) is 5.59. The quantitative estimate of drug-likeness (QED) is 0.604. The molecule has 1 atom stereocenters. The molecular weight excluding hydrogens is 432 g/mol. The molecule has 5 rings (SSSR count). The number of nitrogens with zero attached hydrogens (tertiary/aromatic N) is 6. The smallest absolute Gasteiger partial charge is 0.276 e. The molecule has 2 amide bonds. The Hall–Kier alpha value is -3.30. The van der Waals surface area contributed by atoms with Crippen LogP contribution in [0.15, 0.2) is 48.7 Å². The van der Waals surface area contributed by atoms with E-state index in [4.69, 9.17) is 16.3 Å². The molecule has 0 spiro atoms. The molecule has 0 radical (unpaired) electrons. The van der Waals surface area contributed by atoms with E-state index in [0.717, 1.165) is 5.56 Å². The maximum Gasteiger partial charge on any atom is 0.276 e. The average molecular weight is 453 g/mol. The Bertz CT molecular complexity index is 1130. The molecule has 10 heteroatoms. The first-order valence-corrected chi connectivity index (χ1v) is 10.8. The summed E-state index contributed by atoms with van der Waals surface area (Å²) in [7, 11) is 0. The van der Waals surface area contributed by atoms with Crippen LogP contribution in [-0.2, 0) is 17.9 Å². The van der Waals surface area contributed by atoms with Crippen molar-refractivity contribution in [3.8, 4) is 0 Å². The number of amides is 2. The molecule has 0 N–H and O–H groups in total. The standard InChI is InChI=1S/C22H21ClN6O3/c23-16-6-4-15(5-7-16)19-13-29-18(14-32-19)20(25-26-29)22(31)28-11-9-27(10-12-28)21(30)17-3-1-2-8-24-17/h1-8,19H,9-14H2/t19-/m0/s1. The third-order valence-electron chi connectivity index (χ3n) is 5.78. The largest absolute Gasteiger partial charge is 0.365 e. The molecule has 32 heavy (non-hydrogen) atoms. The molecule has 2 aliphatic rings. The molecular formula is C22H21ClN6O3. The van der Waals surface area contributed by atoms with Crippen molar-refractivity contribution in [2.75, 3.05) is 26.2 Å². The van der Waals surface area contributed by atoms with E-state index in [1.54, 1.807) is 38.9 Å². The molecule has 1 saturated heterocycles. The van der Waals surface area contributed by atoms with Gasteiger partial charge in [0, 0.05) is 37.4 Å². The Morgan fingerprint density at radius 1 is 0.969 bits per heavy atom. The van der Waals surface area contributed by atoms with Gasteiger partial charge < -0.3 is 14.5 Å². The summed E-state index contributed by atoms with van der Waals surface area (Å²) in [5.74, 6) is -0.315. The van der Waals surface area contributed by atoms with Gasteiger partial charge in [-0.05, 0) is 29.8 Å². The van der Waals surface area contributed by atoms with E-state index in [9.17, 15) is 9.59 Å². The lowest BCUT2D eigenvalue weighted by Crippen LogP contribution is -2.51. The molecule has 4 heterocycles. The van der Waals surface area contributed by atoms with Gasteiger partial charge in [-0.15, -0.1) is 5.10 Å². The maximum absolute atomic E-state index is 13.1. The monoisotopic (exact) mass is 452 g/mol.